The van der Waals surface area contributed by atoms with Gasteiger partial charge in [0.25, 0.3) is 0 Å². The maximum Gasteiger partial charge on any atom is 0.119 e. The number of phenols is 1. The summed E-state index contributed by atoms with van der Waals surface area (Å²) in [7, 11) is 0. The van der Waals surface area contributed by atoms with Crippen LogP contribution in [-0.2, 0) is 0 Å². The van der Waals surface area contributed by atoms with Gasteiger partial charge in [0.1, 0.15) is 5.75 Å². The maximum atomic E-state index is 9.80. The van der Waals surface area contributed by atoms with Crippen LogP contribution < -0.4 is 0 Å². The molecular formula is C15H22O. The molecule has 16 heavy (non-hydrogen) atoms. The lowest BCUT2D eigenvalue weighted by Gasteiger charge is -2.13. The molecule has 1 aromatic rings. The third kappa shape index (κ3) is 3.73. The summed E-state index contributed by atoms with van der Waals surface area (Å²) < 4.78 is 0. The molecule has 0 radical (unpaired) electrons. The van der Waals surface area contributed by atoms with Crippen LogP contribution in [0.25, 0.3) is 0 Å². The van der Waals surface area contributed by atoms with E-state index in [0.29, 0.717) is 11.7 Å². The van der Waals surface area contributed by atoms with E-state index in [0.717, 1.165) is 18.4 Å². The number of benzene rings is 1. The number of aromatic hydroxyl groups is 1. The summed E-state index contributed by atoms with van der Waals surface area (Å²) in [6, 6.07) is 5.83. The number of aryl methyl sites for hydroxylation is 1. The number of allylic oxidation sites excluding steroid dienone is 2. The molecule has 0 saturated heterocycles. The molecule has 1 N–H and O–H groups in total. The van der Waals surface area contributed by atoms with Crippen LogP contribution in [0.15, 0.2) is 29.8 Å². The third-order valence-electron chi connectivity index (χ3n) is 2.87. The van der Waals surface area contributed by atoms with E-state index in [4.69, 9.17) is 0 Å². The van der Waals surface area contributed by atoms with Crippen molar-refractivity contribution >= 4 is 0 Å². The van der Waals surface area contributed by atoms with Gasteiger partial charge >= 0.3 is 0 Å². The van der Waals surface area contributed by atoms with E-state index in [1.807, 2.05) is 6.07 Å². The van der Waals surface area contributed by atoms with Crippen LogP contribution in [0.3, 0.4) is 0 Å². The van der Waals surface area contributed by atoms with Gasteiger partial charge in [-0.3, -0.25) is 0 Å². The van der Waals surface area contributed by atoms with Gasteiger partial charge in [-0.05, 0) is 51.2 Å². The van der Waals surface area contributed by atoms with Crippen molar-refractivity contribution in [1.82, 2.24) is 0 Å². The van der Waals surface area contributed by atoms with Crippen LogP contribution in [0.5, 0.6) is 5.75 Å². The highest BCUT2D eigenvalue weighted by atomic mass is 16.3. The van der Waals surface area contributed by atoms with E-state index in [-0.39, 0.29) is 0 Å². The molecule has 1 heteroatoms. The lowest BCUT2D eigenvalue weighted by Crippen LogP contribution is -1.94. The zero-order valence-electron chi connectivity index (χ0n) is 10.7. The topological polar surface area (TPSA) is 20.2 Å². The molecule has 0 saturated carbocycles. The standard InChI is InChI=1S/C15H22O/c1-11(2)6-5-7-13(4)14-10-12(3)8-9-15(14)16/h6,8-10,13,16H,5,7H2,1-4H3/t13-/m1/s1. The first-order valence-corrected chi connectivity index (χ1v) is 5.93. The van der Waals surface area contributed by atoms with Crippen LogP contribution in [0, 0.1) is 6.92 Å². The lowest BCUT2D eigenvalue weighted by molar-refractivity contribution is 0.460. The van der Waals surface area contributed by atoms with Gasteiger partial charge in [-0.15, -0.1) is 0 Å². The van der Waals surface area contributed by atoms with Crippen molar-refractivity contribution in [3.05, 3.63) is 41.0 Å². The first kappa shape index (κ1) is 12.8. The predicted molar refractivity (Wildman–Crippen MR) is 69.9 cm³/mol. The molecule has 0 heterocycles. The van der Waals surface area contributed by atoms with Gasteiger partial charge in [-0.2, -0.15) is 0 Å². The van der Waals surface area contributed by atoms with E-state index < -0.39 is 0 Å². The summed E-state index contributed by atoms with van der Waals surface area (Å²) in [4.78, 5) is 0. The largest absolute Gasteiger partial charge is 0.508 e. The van der Waals surface area contributed by atoms with Gasteiger partial charge in [0.05, 0.1) is 0 Å². The maximum absolute atomic E-state index is 9.80. The Morgan fingerprint density at radius 3 is 2.69 bits per heavy atom. The Morgan fingerprint density at radius 1 is 1.38 bits per heavy atom. The SMILES string of the molecule is CC(C)=CCC[C@@H](C)c1cc(C)ccc1O. The highest BCUT2D eigenvalue weighted by Crippen LogP contribution is 2.29. The fraction of sp³-hybridized carbons (Fsp3) is 0.467. The average Bonchev–Trinajstić information content (AvgIpc) is 2.21. The molecule has 1 atom stereocenters. The highest BCUT2D eigenvalue weighted by molar-refractivity contribution is 5.37. The number of rotatable bonds is 4. The number of phenolic OH excluding ortho intramolecular Hbond substituents is 1. The Balaban J connectivity index is 2.69. The van der Waals surface area contributed by atoms with E-state index in [1.165, 1.54) is 11.1 Å². The van der Waals surface area contributed by atoms with Crippen molar-refractivity contribution in [2.45, 2.75) is 46.5 Å². The molecule has 1 nitrogen and oxygen atoms in total. The van der Waals surface area contributed by atoms with Gasteiger partial charge < -0.3 is 5.11 Å². The summed E-state index contributed by atoms with van der Waals surface area (Å²) in [6.07, 6.45) is 4.42. The van der Waals surface area contributed by atoms with Crippen molar-refractivity contribution in [3.63, 3.8) is 0 Å². The van der Waals surface area contributed by atoms with Gasteiger partial charge in [0.15, 0.2) is 0 Å². The van der Waals surface area contributed by atoms with E-state index in [1.54, 1.807) is 6.07 Å². The third-order valence-corrected chi connectivity index (χ3v) is 2.87. The normalized spacial score (nSPS) is 12.2. The van der Waals surface area contributed by atoms with Gasteiger partial charge in [0, 0.05) is 0 Å². The lowest BCUT2D eigenvalue weighted by atomic mass is 9.94. The highest BCUT2D eigenvalue weighted by Gasteiger charge is 2.09. The summed E-state index contributed by atoms with van der Waals surface area (Å²) in [5.41, 5.74) is 3.64. The molecule has 0 aromatic heterocycles. The molecule has 1 rings (SSSR count). The van der Waals surface area contributed by atoms with Gasteiger partial charge in [-0.1, -0.05) is 36.3 Å². The Bertz CT molecular complexity index is 373. The monoisotopic (exact) mass is 218 g/mol. The minimum Gasteiger partial charge on any atom is -0.508 e. The molecule has 0 spiro atoms. The summed E-state index contributed by atoms with van der Waals surface area (Å²) in [5, 5.41) is 9.80. The summed E-state index contributed by atoms with van der Waals surface area (Å²) in [6.45, 7) is 8.47. The number of hydrogen-bond acceptors (Lipinski definition) is 1. The Hall–Kier alpha value is -1.24. The Morgan fingerprint density at radius 2 is 2.06 bits per heavy atom. The van der Waals surface area contributed by atoms with Crippen molar-refractivity contribution in [1.29, 1.82) is 0 Å². The second-order valence-corrected chi connectivity index (χ2v) is 4.82. The molecule has 1 aromatic carbocycles. The van der Waals surface area contributed by atoms with Crippen LogP contribution in [0.2, 0.25) is 0 Å². The number of hydrogen-bond donors (Lipinski definition) is 1. The van der Waals surface area contributed by atoms with Gasteiger partial charge in [0.2, 0.25) is 0 Å². The quantitative estimate of drug-likeness (QED) is 0.735. The molecule has 0 aliphatic heterocycles. The van der Waals surface area contributed by atoms with E-state index >= 15 is 0 Å². The van der Waals surface area contributed by atoms with E-state index in [2.05, 4.69) is 39.8 Å². The van der Waals surface area contributed by atoms with Crippen LogP contribution in [0.1, 0.15) is 50.7 Å². The predicted octanol–water partition coefficient (Wildman–Crippen LogP) is 4.55. The fourth-order valence-corrected chi connectivity index (χ4v) is 1.85. The summed E-state index contributed by atoms with van der Waals surface area (Å²) in [5.74, 6) is 0.839. The van der Waals surface area contributed by atoms with Crippen LogP contribution >= 0.6 is 0 Å². The average molecular weight is 218 g/mol. The smallest absolute Gasteiger partial charge is 0.119 e. The molecule has 0 fully saturated rings. The fourth-order valence-electron chi connectivity index (χ4n) is 1.85. The van der Waals surface area contributed by atoms with Crippen molar-refractivity contribution in [2.24, 2.45) is 0 Å². The molecule has 0 unspecified atom stereocenters. The molecule has 88 valence electrons. The second-order valence-electron chi connectivity index (χ2n) is 4.82. The Kier molecular flexibility index (Phi) is 4.60. The second kappa shape index (κ2) is 5.74. The molecule has 0 amide bonds. The van der Waals surface area contributed by atoms with Crippen LogP contribution in [0.4, 0.5) is 0 Å². The minimum atomic E-state index is 0.412. The van der Waals surface area contributed by atoms with Crippen LogP contribution in [-0.4, -0.2) is 5.11 Å². The molecule has 0 aliphatic rings. The Labute approximate surface area is 98.8 Å². The molecule has 0 aliphatic carbocycles. The van der Waals surface area contributed by atoms with Crippen molar-refractivity contribution in [2.75, 3.05) is 0 Å². The zero-order valence-corrected chi connectivity index (χ0v) is 10.7. The van der Waals surface area contributed by atoms with Gasteiger partial charge in [-0.25, -0.2) is 0 Å². The first-order chi connectivity index (χ1) is 7.50. The molecule has 0 bridgehead atoms. The zero-order chi connectivity index (χ0) is 12.1. The molecular weight excluding hydrogens is 196 g/mol. The summed E-state index contributed by atoms with van der Waals surface area (Å²) >= 11 is 0. The van der Waals surface area contributed by atoms with E-state index in [9.17, 15) is 5.11 Å². The minimum absolute atomic E-state index is 0.412. The first-order valence-electron chi connectivity index (χ1n) is 5.93. The van der Waals surface area contributed by atoms with Crippen molar-refractivity contribution < 1.29 is 5.11 Å². The van der Waals surface area contributed by atoms with Crippen molar-refractivity contribution in [3.8, 4) is 5.75 Å².